The van der Waals surface area contributed by atoms with Gasteiger partial charge in [0.25, 0.3) is 0 Å². The minimum Gasteiger partial charge on any atom is -0.790 e. The van der Waals surface area contributed by atoms with Gasteiger partial charge in [-0.25, -0.2) is 0 Å². The second kappa shape index (κ2) is 8.36. The van der Waals surface area contributed by atoms with E-state index >= 15 is 0 Å². The van der Waals surface area contributed by atoms with Crippen LogP contribution in [0.5, 0.6) is 0 Å². The summed E-state index contributed by atoms with van der Waals surface area (Å²) in [5, 5.41) is 16.6. The predicted molar refractivity (Wildman–Crippen MR) is 36.0 cm³/mol. The molecule has 1 unspecified atom stereocenters. The fourth-order valence-corrected chi connectivity index (χ4v) is 0.585. The Labute approximate surface area is 85.1 Å². The molecule has 0 spiro atoms. The van der Waals surface area contributed by atoms with E-state index in [0.717, 1.165) is 0 Å². The molecule has 0 rings (SSSR count). The minimum absolute atomic E-state index is 0. The topological polar surface area (TPSA) is 144 Å². The SMILES string of the molecule is O.O=P([O-])([O-])OCC(O)CO.[Mg+2]. The summed E-state index contributed by atoms with van der Waals surface area (Å²) in [6.45, 7) is -1.33. The summed E-state index contributed by atoms with van der Waals surface area (Å²) in [5.74, 6) is 0. The molecule has 0 aromatic rings. The van der Waals surface area contributed by atoms with Crippen molar-refractivity contribution in [1.29, 1.82) is 0 Å². The van der Waals surface area contributed by atoms with Gasteiger partial charge in [-0.3, -0.25) is 0 Å². The number of aliphatic hydroxyl groups is 2. The molecule has 0 fully saturated rings. The molecule has 0 aliphatic rings. The summed E-state index contributed by atoms with van der Waals surface area (Å²) in [6, 6.07) is 0. The van der Waals surface area contributed by atoms with E-state index in [1.807, 2.05) is 0 Å². The van der Waals surface area contributed by atoms with Crippen LogP contribution in [0.1, 0.15) is 0 Å². The van der Waals surface area contributed by atoms with Gasteiger partial charge in [0.1, 0.15) is 6.10 Å². The molecule has 4 N–H and O–H groups in total. The van der Waals surface area contributed by atoms with Crippen molar-refractivity contribution in [2.75, 3.05) is 13.2 Å². The number of rotatable bonds is 4. The van der Waals surface area contributed by atoms with E-state index in [0.29, 0.717) is 0 Å². The first-order valence-corrected chi connectivity index (χ1v) is 3.87. The molecule has 7 nitrogen and oxygen atoms in total. The monoisotopic (exact) mass is 212 g/mol. The average molecular weight is 212 g/mol. The largest absolute Gasteiger partial charge is 2.00 e. The Morgan fingerprint density at radius 1 is 1.50 bits per heavy atom. The van der Waals surface area contributed by atoms with Crippen LogP contribution in [0.25, 0.3) is 0 Å². The van der Waals surface area contributed by atoms with Gasteiger partial charge < -0.3 is 34.6 Å². The van der Waals surface area contributed by atoms with Gasteiger partial charge in [0.15, 0.2) is 0 Å². The van der Waals surface area contributed by atoms with Crippen molar-refractivity contribution in [2.45, 2.75) is 6.10 Å². The second-order valence-electron chi connectivity index (χ2n) is 1.58. The van der Waals surface area contributed by atoms with Crippen molar-refractivity contribution >= 4 is 30.9 Å². The van der Waals surface area contributed by atoms with E-state index in [1.54, 1.807) is 0 Å². The maximum Gasteiger partial charge on any atom is 2.00 e. The molecule has 1 atom stereocenters. The summed E-state index contributed by atoms with van der Waals surface area (Å²) < 4.78 is 13.3. The van der Waals surface area contributed by atoms with Gasteiger partial charge in [-0.1, -0.05) is 0 Å². The standard InChI is InChI=1S/C3H9O6P.Mg.H2O/c4-1-3(5)2-9-10(6,7)8;;/h3-5H,1-2H2,(H2,6,7,8);;1H2/q;+2;/p-2. The number of phosphoric ester groups is 1. The summed E-state index contributed by atoms with van der Waals surface area (Å²) in [6.07, 6.45) is -1.32. The first kappa shape index (κ1) is 18.5. The van der Waals surface area contributed by atoms with E-state index in [1.165, 1.54) is 0 Å². The third-order valence-corrected chi connectivity index (χ3v) is 1.10. The van der Waals surface area contributed by atoms with Crippen LogP contribution in [-0.4, -0.2) is 58.1 Å². The van der Waals surface area contributed by atoms with Crippen molar-refractivity contribution in [3.05, 3.63) is 0 Å². The van der Waals surface area contributed by atoms with Crippen molar-refractivity contribution in [3.8, 4) is 0 Å². The molecule has 0 aliphatic heterocycles. The Kier molecular flexibility index (Phi) is 12.9. The Bertz CT molecular complexity index is 135. The number of phosphoric acid groups is 1. The van der Waals surface area contributed by atoms with Crippen LogP contribution >= 0.6 is 7.82 Å². The molecular weight excluding hydrogens is 203 g/mol. The molecule has 0 heterocycles. The zero-order valence-corrected chi connectivity index (χ0v) is 8.48. The fourth-order valence-electron chi connectivity index (χ4n) is 0.230. The first-order chi connectivity index (χ1) is 4.45. The van der Waals surface area contributed by atoms with Gasteiger partial charge >= 0.3 is 23.1 Å². The molecule has 12 heavy (non-hydrogen) atoms. The van der Waals surface area contributed by atoms with Crippen LogP contribution in [-0.2, 0) is 9.09 Å². The smallest absolute Gasteiger partial charge is 0.790 e. The maximum atomic E-state index is 9.71. The Morgan fingerprint density at radius 2 is 1.92 bits per heavy atom. The third kappa shape index (κ3) is 13.4. The van der Waals surface area contributed by atoms with E-state index in [-0.39, 0.29) is 28.5 Å². The van der Waals surface area contributed by atoms with Crippen LogP contribution < -0.4 is 9.79 Å². The van der Waals surface area contributed by atoms with E-state index < -0.39 is 27.1 Å². The van der Waals surface area contributed by atoms with Gasteiger partial charge in [0, 0.05) is 0 Å². The summed E-state index contributed by atoms with van der Waals surface area (Å²) in [7, 11) is -5.00. The molecule has 0 aliphatic carbocycles. The van der Waals surface area contributed by atoms with E-state index in [4.69, 9.17) is 10.2 Å². The fraction of sp³-hybridized carbons (Fsp3) is 1.00. The zero-order valence-electron chi connectivity index (χ0n) is 6.17. The average Bonchev–Trinajstić information content (AvgIpc) is 1.81. The second-order valence-corrected chi connectivity index (χ2v) is 2.73. The van der Waals surface area contributed by atoms with Crippen LogP contribution in [0, 0.1) is 0 Å². The van der Waals surface area contributed by atoms with E-state index in [2.05, 4.69) is 4.52 Å². The minimum atomic E-state index is -5.00. The molecule has 0 saturated carbocycles. The zero-order chi connectivity index (χ0) is 8.20. The first-order valence-electron chi connectivity index (χ1n) is 2.41. The molecule has 0 saturated heterocycles. The molecule has 0 bridgehead atoms. The van der Waals surface area contributed by atoms with Crippen LogP contribution in [0.3, 0.4) is 0 Å². The summed E-state index contributed by atoms with van der Waals surface area (Å²) in [5.41, 5.74) is 0. The van der Waals surface area contributed by atoms with Gasteiger partial charge in [-0.15, -0.1) is 0 Å². The Hall–Kier alpha value is 0.756. The molecule has 0 radical (unpaired) electrons. The Balaban J connectivity index is -0.000000405. The number of hydrogen-bond acceptors (Lipinski definition) is 6. The van der Waals surface area contributed by atoms with Crippen molar-refractivity contribution < 1.29 is 34.6 Å². The molecule has 0 aromatic carbocycles. The van der Waals surface area contributed by atoms with Crippen molar-refractivity contribution in [2.24, 2.45) is 0 Å². The number of aliphatic hydroxyl groups excluding tert-OH is 2. The van der Waals surface area contributed by atoms with E-state index in [9.17, 15) is 14.4 Å². The molecule has 0 amide bonds. The Morgan fingerprint density at radius 3 is 2.17 bits per heavy atom. The van der Waals surface area contributed by atoms with Crippen LogP contribution in [0.15, 0.2) is 0 Å². The summed E-state index contributed by atoms with van der Waals surface area (Å²) >= 11 is 0. The van der Waals surface area contributed by atoms with Gasteiger partial charge in [-0.2, -0.15) is 0 Å². The normalized spacial score (nSPS) is 12.7. The summed E-state index contributed by atoms with van der Waals surface area (Å²) in [4.78, 5) is 19.4. The molecular formula is C3H9MgO7P. The number of hydrogen-bond donors (Lipinski definition) is 2. The van der Waals surface area contributed by atoms with Crippen molar-refractivity contribution in [3.63, 3.8) is 0 Å². The quantitative estimate of drug-likeness (QED) is 0.358. The van der Waals surface area contributed by atoms with Crippen LogP contribution in [0.2, 0.25) is 0 Å². The molecule has 70 valence electrons. The van der Waals surface area contributed by atoms with Gasteiger partial charge in [0.05, 0.1) is 21.0 Å². The molecule has 9 heteroatoms. The third-order valence-electron chi connectivity index (χ3n) is 0.636. The van der Waals surface area contributed by atoms with Crippen molar-refractivity contribution in [1.82, 2.24) is 0 Å². The van der Waals surface area contributed by atoms with Gasteiger partial charge in [-0.05, 0) is 0 Å². The van der Waals surface area contributed by atoms with Crippen LogP contribution in [0.4, 0.5) is 0 Å². The predicted octanol–water partition coefficient (Wildman–Crippen LogP) is -4.02. The van der Waals surface area contributed by atoms with Gasteiger partial charge in [0.2, 0.25) is 0 Å². The molecule has 0 aromatic heterocycles. The maximum absolute atomic E-state index is 9.71.